The zero-order valence-electron chi connectivity index (χ0n) is 15.5. The Morgan fingerprint density at radius 3 is 2.78 bits per heavy atom. The van der Waals surface area contributed by atoms with Gasteiger partial charge in [-0.1, -0.05) is 30.3 Å². The Morgan fingerprint density at radius 1 is 1.22 bits per heavy atom. The van der Waals surface area contributed by atoms with Crippen LogP contribution in [0.25, 0.3) is 0 Å². The first-order valence-electron chi connectivity index (χ1n) is 9.39. The molecule has 1 aromatic carbocycles. The van der Waals surface area contributed by atoms with Crippen LogP contribution in [0.15, 0.2) is 35.7 Å². The van der Waals surface area contributed by atoms with Crippen molar-refractivity contribution in [2.75, 3.05) is 38.1 Å². The number of thiazole rings is 1. The fraction of sp³-hybridized carbons (Fsp3) is 0.450. The number of aromatic nitrogens is 1. The third kappa shape index (κ3) is 3.89. The lowest BCUT2D eigenvalue weighted by Gasteiger charge is -2.40. The van der Waals surface area contributed by atoms with Crippen molar-refractivity contribution in [2.45, 2.75) is 25.3 Å². The van der Waals surface area contributed by atoms with Crippen molar-refractivity contribution in [3.63, 3.8) is 0 Å². The van der Waals surface area contributed by atoms with E-state index in [4.69, 9.17) is 0 Å². The van der Waals surface area contributed by atoms with Gasteiger partial charge in [-0.05, 0) is 19.0 Å². The molecule has 2 aliphatic heterocycles. The van der Waals surface area contributed by atoms with Crippen LogP contribution in [0.5, 0.6) is 0 Å². The number of rotatable bonds is 4. The molecule has 2 amide bonds. The molecule has 4 rings (SSSR count). The van der Waals surface area contributed by atoms with Gasteiger partial charge in [0.25, 0.3) is 0 Å². The first-order chi connectivity index (χ1) is 13.1. The molecule has 0 saturated carbocycles. The maximum Gasteiger partial charge on any atom is 0.229 e. The number of likely N-dealkylation sites (N-methyl/N-ethyl adjacent to an activating group) is 1. The fourth-order valence-corrected chi connectivity index (χ4v) is 4.65. The second kappa shape index (κ2) is 7.78. The molecule has 1 atom stereocenters. The summed E-state index contributed by atoms with van der Waals surface area (Å²) in [4.78, 5) is 35.5. The molecule has 142 valence electrons. The topological polar surface area (TPSA) is 56.8 Å². The van der Waals surface area contributed by atoms with Gasteiger partial charge in [0.1, 0.15) is 0 Å². The van der Waals surface area contributed by atoms with Crippen LogP contribution in [0.1, 0.15) is 30.1 Å². The number of anilines is 1. The Labute approximate surface area is 163 Å². The Balaban J connectivity index is 1.48. The predicted octanol–water partition coefficient (Wildman–Crippen LogP) is 2.33. The summed E-state index contributed by atoms with van der Waals surface area (Å²) in [5.41, 5.74) is 1.92. The van der Waals surface area contributed by atoms with Crippen molar-refractivity contribution in [3.05, 3.63) is 47.0 Å². The van der Waals surface area contributed by atoms with Crippen molar-refractivity contribution < 1.29 is 9.59 Å². The van der Waals surface area contributed by atoms with Crippen LogP contribution in [-0.2, 0) is 16.0 Å². The van der Waals surface area contributed by atoms with Gasteiger partial charge in [-0.15, -0.1) is 11.3 Å². The minimum Gasteiger partial charge on any atom is -0.333 e. The lowest BCUT2D eigenvalue weighted by molar-refractivity contribution is -0.135. The summed E-state index contributed by atoms with van der Waals surface area (Å²) in [5, 5.41) is 2.63. The third-order valence-electron chi connectivity index (χ3n) is 5.26. The first-order valence-corrected chi connectivity index (χ1v) is 10.3. The highest BCUT2D eigenvalue weighted by atomic mass is 32.1. The van der Waals surface area contributed by atoms with Crippen molar-refractivity contribution in [1.82, 2.24) is 14.8 Å². The molecule has 7 heteroatoms. The van der Waals surface area contributed by atoms with Crippen LogP contribution in [0.3, 0.4) is 0 Å². The Morgan fingerprint density at radius 2 is 2.04 bits per heavy atom. The van der Waals surface area contributed by atoms with E-state index in [2.05, 4.69) is 29.1 Å². The summed E-state index contributed by atoms with van der Waals surface area (Å²) in [6.07, 6.45) is 1.76. The van der Waals surface area contributed by atoms with E-state index < -0.39 is 0 Å². The molecular formula is C20H24N4O2S. The molecule has 3 heterocycles. The number of carbonyl (C=O) groups is 2. The monoisotopic (exact) mass is 384 g/mol. The van der Waals surface area contributed by atoms with Crippen LogP contribution >= 0.6 is 11.3 Å². The van der Waals surface area contributed by atoms with Crippen molar-refractivity contribution in [3.8, 4) is 0 Å². The highest BCUT2D eigenvalue weighted by Crippen LogP contribution is 2.28. The molecule has 0 radical (unpaired) electrons. The van der Waals surface area contributed by atoms with Gasteiger partial charge in [-0.3, -0.25) is 14.5 Å². The number of benzene rings is 1. The zero-order chi connectivity index (χ0) is 18.8. The van der Waals surface area contributed by atoms with Crippen LogP contribution in [0, 0.1) is 0 Å². The van der Waals surface area contributed by atoms with Gasteiger partial charge in [0, 0.05) is 38.0 Å². The van der Waals surface area contributed by atoms with E-state index in [1.165, 1.54) is 16.9 Å². The quantitative estimate of drug-likeness (QED) is 0.812. The largest absolute Gasteiger partial charge is 0.333 e. The number of amides is 2. The first kappa shape index (κ1) is 18.1. The van der Waals surface area contributed by atoms with E-state index in [1.54, 1.807) is 4.90 Å². The Kier molecular flexibility index (Phi) is 5.22. The van der Waals surface area contributed by atoms with Gasteiger partial charge in [0.05, 0.1) is 18.2 Å². The average Bonchev–Trinajstić information content (AvgIpc) is 3.31. The van der Waals surface area contributed by atoms with E-state index in [1.807, 2.05) is 28.5 Å². The minimum absolute atomic E-state index is 0.0655. The molecule has 0 bridgehead atoms. The smallest absolute Gasteiger partial charge is 0.229 e. The third-order valence-corrected chi connectivity index (χ3v) is 6.18. The molecule has 2 fully saturated rings. The maximum atomic E-state index is 13.0. The number of hydrogen-bond donors (Lipinski definition) is 0. The molecule has 0 spiro atoms. The lowest BCUT2D eigenvalue weighted by atomic mass is 10.0. The minimum atomic E-state index is 0.0655. The fourth-order valence-electron chi connectivity index (χ4n) is 3.79. The molecule has 1 unspecified atom stereocenters. The molecule has 0 aliphatic carbocycles. The van der Waals surface area contributed by atoms with E-state index in [0.717, 1.165) is 43.4 Å². The van der Waals surface area contributed by atoms with E-state index in [0.29, 0.717) is 6.42 Å². The van der Waals surface area contributed by atoms with Crippen LogP contribution in [0.4, 0.5) is 5.13 Å². The van der Waals surface area contributed by atoms with Gasteiger partial charge in [0.15, 0.2) is 5.13 Å². The van der Waals surface area contributed by atoms with Crippen LogP contribution in [0.2, 0.25) is 0 Å². The summed E-state index contributed by atoms with van der Waals surface area (Å²) in [5.74, 6) is 0.229. The number of piperazine rings is 1. The van der Waals surface area contributed by atoms with Crippen LogP contribution < -0.4 is 4.90 Å². The second-order valence-electron chi connectivity index (χ2n) is 7.22. The van der Waals surface area contributed by atoms with Crippen molar-refractivity contribution in [1.29, 1.82) is 0 Å². The van der Waals surface area contributed by atoms with E-state index in [-0.39, 0.29) is 24.3 Å². The van der Waals surface area contributed by atoms with Gasteiger partial charge in [-0.2, -0.15) is 0 Å². The second-order valence-corrected chi connectivity index (χ2v) is 8.06. The summed E-state index contributed by atoms with van der Waals surface area (Å²) in [6, 6.07) is 10.3. The molecule has 27 heavy (non-hydrogen) atoms. The highest BCUT2D eigenvalue weighted by Gasteiger charge is 2.31. The summed E-state index contributed by atoms with van der Waals surface area (Å²) in [6.45, 7) is 3.16. The highest BCUT2D eigenvalue weighted by molar-refractivity contribution is 7.14. The number of carbonyl (C=O) groups excluding carboxylic acids is 2. The molecule has 2 saturated heterocycles. The maximum absolute atomic E-state index is 13.0. The van der Waals surface area contributed by atoms with Gasteiger partial charge >= 0.3 is 0 Å². The van der Waals surface area contributed by atoms with Crippen molar-refractivity contribution in [2.24, 2.45) is 0 Å². The lowest BCUT2D eigenvalue weighted by Crippen LogP contribution is -2.49. The standard InChI is InChI=1S/C20H24N4O2S/c1-22-10-11-23(17(13-22)15-6-3-2-4-7-15)19(26)12-16-14-27-20(21-16)24-9-5-8-18(24)25/h2-4,6-7,14,17H,5,8-13H2,1H3. The number of nitrogens with zero attached hydrogens (tertiary/aromatic N) is 4. The Hall–Kier alpha value is -2.25. The van der Waals surface area contributed by atoms with Gasteiger partial charge in [-0.25, -0.2) is 4.98 Å². The summed E-state index contributed by atoms with van der Waals surface area (Å²) < 4.78 is 0. The molecule has 0 N–H and O–H groups in total. The molecular weight excluding hydrogens is 360 g/mol. The summed E-state index contributed by atoms with van der Waals surface area (Å²) in [7, 11) is 2.09. The van der Waals surface area contributed by atoms with E-state index >= 15 is 0 Å². The molecule has 6 nitrogen and oxygen atoms in total. The molecule has 2 aliphatic rings. The predicted molar refractivity (Wildman–Crippen MR) is 106 cm³/mol. The molecule has 1 aromatic heterocycles. The molecule has 2 aromatic rings. The van der Waals surface area contributed by atoms with E-state index in [9.17, 15) is 9.59 Å². The summed E-state index contributed by atoms with van der Waals surface area (Å²) >= 11 is 1.45. The van der Waals surface area contributed by atoms with Crippen LogP contribution in [-0.4, -0.2) is 59.8 Å². The SMILES string of the molecule is CN1CCN(C(=O)Cc2csc(N3CCCC3=O)n2)C(c2ccccc2)C1. The zero-order valence-corrected chi connectivity index (χ0v) is 16.3. The van der Waals surface area contributed by atoms with Gasteiger partial charge < -0.3 is 9.80 Å². The van der Waals surface area contributed by atoms with Crippen molar-refractivity contribution >= 4 is 28.3 Å². The normalized spacial score (nSPS) is 21.1. The average molecular weight is 385 g/mol. The number of hydrogen-bond acceptors (Lipinski definition) is 5. The van der Waals surface area contributed by atoms with Gasteiger partial charge in [0.2, 0.25) is 11.8 Å². The Bertz CT molecular complexity index is 822.